The van der Waals surface area contributed by atoms with Gasteiger partial charge in [0.25, 0.3) is 0 Å². The van der Waals surface area contributed by atoms with E-state index in [0.717, 1.165) is 27.6 Å². The van der Waals surface area contributed by atoms with Gasteiger partial charge in [-0.2, -0.15) is 0 Å². The maximum absolute atomic E-state index is 12.1. The van der Waals surface area contributed by atoms with Crippen LogP contribution in [0.4, 0.5) is 0 Å². The number of benzene rings is 3. The number of methoxy groups -OCH3 is 1. The molecule has 0 unspecified atom stereocenters. The Bertz CT molecular complexity index is 1280. The lowest BCUT2D eigenvalue weighted by Crippen LogP contribution is -2.09. The molecule has 0 aliphatic rings. The summed E-state index contributed by atoms with van der Waals surface area (Å²) >= 11 is 6.05. The Morgan fingerprint density at radius 3 is 2.45 bits per heavy atom. The summed E-state index contributed by atoms with van der Waals surface area (Å²) in [6, 6.07) is 22.4. The third kappa shape index (κ3) is 4.32. The van der Waals surface area contributed by atoms with Crippen molar-refractivity contribution in [2.24, 2.45) is 0 Å². The fourth-order valence-electron chi connectivity index (χ4n) is 3.77. The van der Waals surface area contributed by atoms with E-state index in [-0.39, 0.29) is 5.69 Å². The maximum atomic E-state index is 12.1. The number of carbonyl (C=O) groups excluding carboxylic acids is 1. The highest BCUT2D eigenvalue weighted by Crippen LogP contribution is 2.26. The minimum atomic E-state index is -0.973. The maximum Gasteiger partial charge on any atom is 0.352 e. The Balaban J connectivity index is 1.73. The van der Waals surface area contributed by atoms with Crippen LogP contribution in [0.3, 0.4) is 0 Å². The number of esters is 1. The Kier molecular flexibility index (Phi) is 5.78. The molecule has 6 heteroatoms. The van der Waals surface area contributed by atoms with Crippen molar-refractivity contribution in [3.8, 4) is 0 Å². The molecule has 0 spiro atoms. The molecule has 0 atom stereocenters. The van der Waals surface area contributed by atoms with Gasteiger partial charge in [-0.05, 0) is 53.4 Å². The smallest absolute Gasteiger partial charge is 0.352 e. The van der Waals surface area contributed by atoms with Gasteiger partial charge in [-0.25, -0.2) is 9.59 Å². The van der Waals surface area contributed by atoms with Gasteiger partial charge in [0.2, 0.25) is 0 Å². The van der Waals surface area contributed by atoms with Crippen LogP contribution < -0.4 is 0 Å². The Morgan fingerprint density at radius 2 is 1.74 bits per heavy atom. The van der Waals surface area contributed by atoms with E-state index in [9.17, 15) is 14.7 Å². The first kappa shape index (κ1) is 20.7. The van der Waals surface area contributed by atoms with Crippen LogP contribution in [0, 0.1) is 0 Å². The number of aromatic carboxylic acids is 1. The molecular weight excluding hydrogens is 414 g/mol. The average molecular weight is 434 g/mol. The second kappa shape index (κ2) is 8.66. The summed E-state index contributed by atoms with van der Waals surface area (Å²) < 4.78 is 6.68. The molecule has 3 aromatic carbocycles. The molecule has 0 aliphatic heterocycles. The number of carboxylic acids is 1. The number of hydrogen-bond donors (Lipinski definition) is 1. The predicted molar refractivity (Wildman–Crippen MR) is 120 cm³/mol. The summed E-state index contributed by atoms with van der Waals surface area (Å²) in [7, 11) is 1.34. The second-order valence-corrected chi connectivity index (χ2v) is 7.71. The van der Waals surface area contributed by atoms with E-state index in [2.05, 4.69) is 0 Å². The lowest BCUT2D eigenvalue weighted by molar-refractivity contribution is 0.0598. The quantitative estimate of drug-likeness (QED) is 0.412. The topological polar surface area (TPSA) is 68.5 Å². The first-order valence-electron chi connectivity index (χ1n) is 9.72. The Hall–Kier alpha value is -3.57. The van der Waals surface area contributed by atoms with Gasteiger partial charge in [-0.1, -0.05) is 54.1 Å². The third-order valence-corrected chi connectivity index (χ3v) is 5.48. The number of nitrogens with zero attached hydrogens (tertiary/aromatic N) is 1. The summed E-state index contributed by atoms with van der Waals surface area (Å²) in [5.41, 5.74) is 4.26. The van der Waals surface area contributed by atoms with Crippen molar-refractivity contribution in [1.82, 2.24) is 4.57 Å². The molecule has 4 aromatic rings. The molecule has 31 heavy (non-hydrogen) atoms. The molecule has 5 nitrogen and oxygen atoms in total. The number of carboxylic acid groups (broad SMARTS) is 1. The largest absolute Gasteiger partial charge is 0.477 e. The van der Waals surface area contributed by atoms with Crippen LogP contribution >= 0.6 is 11.6 Å². The molecule has 0 bridgehead atoms. The highest BCUT2D eigenvalue weighted by molar-refractivity contribution is 6.31. The zero-order chi connectivity index (χ0) is 22.0. The van der Waals surface area contributed by atoms with Crippen molar-refractivity contribution < 1.29 is 19.4 Å². The van der Waals surface area contributed by atoms with Crippen molar-refractivity contribution in [3.63, 3.8) is 0 Å². The van der Waals surface area contributed by atoms with Crippen molar-refractivity contribution in [2.45, 2.75) is 13.0 Å². The second-order valence-electron chi connectivity index (χ2n) is 7.27. The fraction of sp³-hybridized carbons (Fsp3) is 0.120. The Morgan fingerprint density at radius 1 is 0.968 bits per heavy atom. The molecule has 0 fully saturated rings. The van der Waals surface area contributed by atoms with Crippen molar-refractivity contribution in [2.75, 3.05) is 7.11 Å². The summed E-state index contributed by atoms with van der Waals surface area (Å²) in [4.78, 5) is 24.0. The van der Waals surface area contributed by atoms with Crippen LogP contribution in [0.2, 0.25) is 5.02 Å². The first-order chi connectivity index (χ1) is 15.0. The number of ether oxygens (including phenoxy) is 1. The zero-order valence-electron chi connectivity index (χ0n) is 16.8. The molecule has 0 saturated carbocycles. The average Bonchev–Trinajstić information content (AvgIpc) is 3.13. The SMILES string of the molecule is COC(=O)c1cc(Cl)ccc1Cc1ccc2c(c1)cc(C(=O)O)n2Cc1ccccc1. The van der Waals surface area contributed by atoms with E-state index < -0.39 is 11.9 Å². The molecular formula is C25H20ClNO4. The highest BCUT2D eigenvalue weighted by atomic mass is 35.5. The summed E-state index contributed by atoms with van der Waals surface area (Å²) in [5, 5.41) is 11.0. The van der Waals surface area contributed by atoms with Crippen molar-refractivity contribution in [3.05, 3.63) is 106 Å². The van der Waals surface area contributed by atoms with Gasteiger partial charge in [0, 0.05) is 22.5 Å². The van der Waals surface area contributed by atoms with E-state index in [1.807, 2.05) is 54.6 Å². The Labute approximate surface area is 184 Å². The molecule has 0 aliphatic carbocycles. The van der Waals surface area contributed by atoms with E-state index in [4.69, 9.17) is 16.3 Å². The summed E-state index contributed by atoms with van der Waals surface area (Å²) in [5.74, 6) is -1.42. The highest BCUT2D eigenvalue weighted by Gasteiger charge is 2.17. The zero-order valence-corrected chi connectivity index (χ0v) is 17.6. The minimum absolute atomic E-state index is 0.234. The number of halogens is 1. The lowest BCUT2D eigenvalue weighted by Gasteiger charge is -2.10. The summed E-state index contributed by atoms with van der Waals surface area (Å²) in [6.45, 7) is 0.467. The van der Waals surface area contributed by atoms with Crippen LogP contribution in [0.25, 0.3) is 10.9 Å². The van der Waals surface area contributed by atoms with Gasteiger partial charge in [0.1, 0.15) is 5.69 Å². The van der Waals surface area contributed by atoms with Gasteiger partial charge in [0.05, 0.1) is 12.7 Å². The van der Waals surface area contributed by atoms with Crippen molar-refractivity contribution in [1.29, 1.82) is 0 Å². The van der Waals surface area contributed by atoms with Gasteiger partial charge < -0.3 is 14.4 Å². The van der Waals surface area contributed by atoms with E-state index in [1.165, 1.54) is 7.11 Å². The van der Waals surface area contributed by atoms with Crippen LogP contribution in [-0.4, -0.2) is 28.7 Å². The molecule has 4 rings (SSSR count). The van der Waals surface area contributed by atoms with E-state index in [1.54, 1.807) is 22.8 Å². The number of rotatable bonds is 6. The van der Waals surface area contributed by atoms with Crippen LogP contribution in [0.1, 0.15) is 37.5 Å². The van der Waals surface area contributed by atoms with Gasteiger partial charge in [-0.15, -0.1) is 0 Å². The minimum Gasteiger partial charge on any atom is -0.477 e. The predicted octanol–water partition coefficient (Wildman–Crippen LogP) is 5.42. The number of fused-ring (bicyclic) bond motifs is 1. The van der Waals surface area contributed by atoms with Gasteiger partial charge in [-0.3, -0.25) is 0 Å². The molecule has 0 radical (unpaired) electrons. The number of aromatic nitrogens is 1. The summed E-state index contributed by atoms with van der Waals surface area (Å²) in [6.07, 6.45) is 0.490. The molecule has 0 saturated heterocycles. The van der Waals surface area contributed by atoms with E-state index in [0.29, 0.717) is 23.6 Å². The standard InChI is InChI=1S/C25H20ClNO4/c1-31-25(30)21-14-20(26)9-8-18(21)11-17-7-10-22-19(12-17)13-23(24(28)29)27(22)15-16-5-3-2-4-6-16/h2-10,12-14H,11,15H2,1H3,(H,28,29). The van der Waals surface area contributed by atoms with Crippen LogP contribution in [0.15, 0.2) is 72.8 Å². The lowest BCUT2D eigenvalue weighted by atomic mass is 9.99. The number of carbonyl (C=O) groups is 2. The van der Waals surface area contributed by atoms with Crippen LogP contribution in [0.5, 0.6) is 0 Å². The van der Waals surface area contributed by atoms with E-state index >= 15 is 0 Å². The normalized spacial score (nSPS) is 10.9. The molecule has 1 N–H and O–H groups in total. The van der Waals surface area contributed by atoms with Gasteiger partial charge in [0.15, 0.2) is 0 Å². The molecule has 156 valence electrons. The monoisotopic (exact) mass is 433 g/mol. The number of hydrogen-bond acceptors (Lipinski definition) is 3. The molecule has 1 aromatic heterocycles. The fourth-order valence-corrected chi connectivity index (χ4v) is 3.94. The molecule has 0 amide bonds. The third-order valence-electron chi connectivity index (χ3n) is 5.24. The van der Waals surface area contributed by atoms with Crippen molar-refractivity contribution >= 4 is 34.4 Å². The van der Waals surface area contributed by atoms with Crippen LogP contribution in [-0.2, 0) is 17.7 Å². The van der Waals surface area contributed by atoms with Gasteiger partial charge >= 0.3 is 11.9 Å². The first-order valence-corrected chi connectivity index (χ1v) is 10.1. The molecule has 1 heterocycles.